The molecule has 5 heteroatoms. The Morgan fingerprint density at radius 3 is 2.68 bits per heavy atom. The molecule has 1 aromatic rings. The van der Waals surface area contributed by atoms with Crippen LogP contribution >= 0.6 is 0 Å². The average molecular weight is 262 g/mol. The zero-order valence-corrected chi connectivity index (χ0v) is 10.8. The Morgan fingerprint density at radius 2 is 1.95 bits per heavy atom. The number of ether oxygens (including phenoxy) is 1. The average Bonchev–Trinajstić information content (AvgIpc) is 2.47. The van der Waals surface area contributed by atoms with E-state index in [1.165, 1.54) is 21.7 Å². The number of hydrogen-bond donors (Lipinski definition) is 1. The molecule has 0 atom stereocenters. The maximum atomic E-state index is 10.9. The first kappa shape index (κ1) is 12.3. The maximum absolute atomic E-state index is 10.9. The van der Waals surface area contributed by atoms with Gasteiger partial charge in [0.2, 0.25) is 0 Å². The van der Waals surface area contributed by atoms with Gasteiger partial charge in [-0.25, -0.2) is 4.79 Å². The van der Waals surface area contributed by atoms with E-state index in [1.54, 1.807) is 0 Å². The lowest BCUT2D eigenvalue weighted by Gasteiger charge is -2.35. The molecule has 0 radical (unpaired) electrons. The summed E-state index contributed by atoms with van der Waals surface area (Å²) in [5.41, 5.74) is 3.84. The fourth-order valence-electron chi connectivity index (χ4n) is 2.70. The number of fused-ring (bicyclic) bond motifs is 1. The van der Waals surface area contributed by atoms with Crippen molar-refractivity contribution in [3.63, 3.8) is 0 Å². The van der Waals surface area contributed by atoms with Gasteiger partial charge in [-0.2, -0.15) is 0 Å². The molecule has 0 unspecified atom stereocenters. The van der Waals surface area contributed by atoms with E-state index in [0.717, 1.165) is 26.1 Å². The third-order valence-electron chi connectivity index (χ3n) is 3.88. The summed E-state index contributed by atoms with van der Waals surface area (Å²) in [6.45, 7) is 4.19. The van der Waals surface area contributed by atoms with E-state index in [1.807, 2.05) is 0 Å². The van der Waals surface area contributed by atoms with Crippen molar-refractivity contribution in [1.29, 1.82) is 0 Å². The second-order valence-electron chi connectivity index (χ2n) is 5.01. The van der Waals surface area contributed by atoms with Crippen LogP contribution in [-0.2, 0) is 17.8 Å². The largest absolute Gasteiger partial charge is 0.465 e. The molecule has 0 saturated carbocycles. The lowest BCUT2D eigenvalue weighted by atomic mass is 10.0. The molecule has 2 aliphatic rings. The Labute approximate surface area is 112 Å². The molecule has 5 nitrogen and oxygen atoms in total. The van der Waals surface area contributed by atoms with Gasteiger partial charge in [0.15, 0.2) is 0 Å². The highest BCUT2D eigenvalue weighted by Gasteiger charge is 2.21. The highest BCUT2D eigenvalue weighted by Crippen LogP contribution is 2.24. The van der Waals surface area contributed by atoms with Crippen molar-refractivity contribution in [3.05, 3.63) is 29.3 Å². The second kappa shape index (κ2) is 5.09. The second-order valence-corrected chi connectivity index (χ2v) is 5.01. The number of carbonyl (C=O) groups is 1. The van der Waals surface area contributed by atoms with Crippen LogP contribution in [0.15, 0.2) is 18.2 Å². The van der Waals surface area contributed by atoms with E-state index < -0.39 is 6.09 Å². The normalized spacial score (nSPS) is 19.2. The van der Waals surface area contributed by atoms with Crippen molar-refractivity contribution in [3.8, 4) is 0 Å². The number of carboxylic acid groups (broad SMARTS) is 1. The number of amides is 1. The van der Waals surface area contributed by atoms with Crippen LogP contribution in [0.3, 0.4) is 0 Å². The Hall–Kier alpha value is -1.75. The first-order valence-electron chi connectivity index (χ1n) is 6.66. The van der Waals surface area contributed by atoms with Crippen LogP contribution in [0, 0.1) is 0 Å². The van der Waals surface area contributed by atoms with Crippen LogP contribution in [0.4, 0.5) is 10.5 Å². The smallest absolute Gasteiger partial charge is 0.407 e. The topological polar surface area (TPSA) is 53.0 Å². The Kier molecular flexibility index (Phi) is 3.29. The van der Waals surface area contributed by atoms with Crippen molar-refractivity contribution in [2.45, 2.75) is 13.0 Å². The fraction of sp³-hybridized carbons (Fsp3) is 0.500. The minimum Gasteiger partial charge on any atom is -0.465 e. The summed E-state index contributed by atoms with van der Waals surface area (Å²) in [6.07, 6.45) is 0.153. The highest BCUT2D eigenvalue weighted by molar-refractivity contribution is 5.65. The van der Waals surface area contributed by atoms with Gasteiger partial charge in [-0.1, -0.05) is 6.07 Å². The van der Waals surface area contributed by atoms with Crippen LogP contribution in [0.1, 0.15) is 11.1 Å². The zero-order valence-electron chi connectivity index (χ0n) is 10.8. The predicted octanol–water partition coefficient (Wildman–Crippen LogP) is 1.56. The Bertz CT molecular complexity index is 482. The predicted molar refractivity (Wildman–Crippen MR) is 71.6 cm³/mol. The molecule has 2 heterocycles. The van der Waals surface area contributed by atoms with Crippen molar-refractivity contribution in [2.75, 3.05) is 37.7 Å². The number of nitrogens with zero attached hydrogens (tertiary/aromatic N) is 2. The molecule has 0 spiro atoms. The molecule has 0 bridgehead atoms. The summed E-state index contributed by atoms with van der Waals surface area (Å²) in [5, 5.41) is 8.95. The van der Waals surface area contributed by atoms with Gasteiger partial charge in [-0.05, 0) is 29.7 Å². The number of benzene rings is 1. The minimum atomic E-state index is -0.817. The molecule has 0 aliphatic carbocycles. The molecule has 19 heavy (non-hydrogen) atoms. The summed E-state index contributed by atoms with van der Waals surface area (Å²) in [7, 11) is 0. The number of piperazine rings is 1. The van der Waals surface area contributed by atoms with Crippen molar-refractivity contribution in [1.82, 2.24) is 4.90 Å². The van der Waals surface area contributed by atoms with Crippen LogP contribution in [0.2, 0.25) is 0 Å². The van der Waals surface area contributed by atoms with E-state index in [9.17, 15) is 4.79 Å². The standard InChI is InChI=1S/C14H18N2O3/c17-14(18)16-6-4-15(5-7-16)13-2-1-12-10-19-8-3-11(12)9-13/h1-2,9H,3-8,10H2,(H,17,18). The molecule has 1 saturated heterocycles. The van der Waals surface area contributed by atoms with Gasteiger partial charge < -0.3 is 19.6 Å². The minimum absolute atomic E-state index is 0.579. The van der Waals surface area contributed by atoms with E-state index >= 15 is 0 Å². The molecular weight excluding hydrogens is 244 g/mol. The summed E-state index contributed by atoms with van der Waals surface area (Å²) in [6, 6.07) is 6.48. The monoisotopic (exact) mass is 262 g/mol. The van der Waals surface area contributed by atoms with Gasteiger partial charge in [0.1, 0.15) is 0 Å². The maximum Gasteiger partial charge on any atom is 0.407 e. The van der Waals surface area contributed by atoms with Crippen molar-refractivity contribution >= 4 is 11.8 Å². The number of rotatable bonds is 1. The van der Waals surface area contributed by atoms with Crippen molar-refractivity contribution < 1.29 is 14.6 Å². The number of anilines is 1. The highest BCUT2D eigenvalue weighted by atomic mass is 16.5. The van der Waals surface area contributed by atoms with E-state index in [0.29, 0.717) is 19.7 Å². The molecule has 3 rings (SSSR count). The summed E-state index contributed by atoms with van der Waals surface area (Å²) >= 11 is 0. The van der Waals surface area contributed by atoms with Gasteiger partial charge in [-0.15, -0.1) is 0 Å². The lowest BCUT2D eigenvalue weighted by molar-refractivity contribution is 0.111. The fourth-order valence-corrected chi connectivity index (χ4v) is 2.70. The van der Waals surface area contributed by atoms with Crippen LogP contribution < -0.4 is 4.90 Å². The summed E-state index contributed by atoms with van der Waals surface area (Å²) in [5.74, 6) is 0. The molecule has 1 fully saturated rings. The van der Waals surface area contributed by atoms with Gasteiger partial charge in [0.25, 0.3) is 0 Å². The SMILES string of the molecule is O=C(O)N1CCN(c2ccc3c(c2)CCOC3)CC1. The molecule has 102 valence electrons. The Morgan fingerprint density at radius 1 is 1.16 bits per heavy atom. The van der Waals surface area contributed by atoms with Gasteiger partial charge in [-0.3, -0.25) is 0 Å². The summed E-state index contributed by atoms with van der Waals surface area (Å²) in [4.78, 5) is 14.6. The molecule has 1 aromatic carbocycles. The van der Waals surface area contributed by atoms with Crippen molar-refractivity contribution in [2.24, 2.45) is 0 Å². The first-order valence-corrected chi connectivity index (χ1v) is 6.66. The number of hydrogen-bond acceptors (Lipinski definition) is 3. The summed E-state index contributed by atoms with van der Waals surface area (Å²) < 4.78 is 5.44. The molecule has 1 amide bonds. The molecular formula is C14H18N2O3. The van der Waals surface area contributed by atoms with E-state index in [4.69, 9.17) is 9.84 Å². The van der Waals surface area contributed by atoms with E-state index in [2.05, 4.69) is 23.1 Å². The molecule has 2 aliphatic heterocycles. The van der Waals surface area contributed by atoms with Crippen LogP contribution in [0.25, 0.3) is 0 Å². The van der Waals surface area contributed by atoms with Gasteiger partial charge >= 0.3 is 6.09 Å². The van der Waals surface area contributed by atoms with Crippen LogP contribution in [0.5, 0.6) is 0 Å². The molecule has 0 aromatic heterocycles. The van der Waals surface area contributed by atoms with E-state index in [-0.39, 0.29) is 0 Å². The first-order chi connectivity index (χ1) is 9.24. The van der Waals surface area contributed by atoms with Gasteiger partial charge in [0.05, 0.1) is 13.2 Å². The quantitative estimate of drug-likeness (QED) is 0.834. The zero-order chi connectivity index (χ0) is 13.2. The lowest BCUT2D eigenvalue weighted by Crippen LogP contribution is -2.48. The third-order valence-corrected chi connectivity index (χ3v) is 3.88. The van der Waals surface area contributed by atoms with Gasteiger partial charge in [0, 0.05) is 31.9 Å². The Balaban J connectivity index is 1.71. The molecule has 1 N–H and O–H groups in total. The third kappa shape index (κ3) is 2.51. The van der Waals surface area contributed by atoms with Crippen LogP contribution in [-0.4, -0.2) is 48.9 Å².